The first-order valence-electron chi connectivity index (χ1n) is 5.67. The maximum absolute atomic E-state index is 5.45. The van der Waals surface area contributed by atoms with Crippen molar-refractivity contribution in [2.24, 2.45) is 5.92 Å². The summed E-state index contributed by atoms with van der Waals surface area (Å²) in [4.78, 5) is 1.07. The summed E-state index contributed by atoms with van der Waals surface area (Å²) in [6.07, 6.45) is 3.90. The summed E-state index contributed by atoms with van der Waals surface area (Å²) in [5.74, 6) is 1.30. The first-order chi connectivity index (χ1) is 7.25. The largest absolute Gasteiger partial charge is 0.350 e. The summed E-state index contributed by atoms with van der Waals surface area (Å²) in [7, 11) is 0. The van der Waals surface area contributed by atoms with Crippen molar-refractivity contribution in [1.29, 1.82) is 0 Å². The van der Waals surface area contributed by atoms with Gasteiger partial charge in [-0.1, -0.05) is 30.8 Å². The molecule has 3 rings (SSSR count). The highest BCUT2D eigenvalue weighted by atomic mass is 32.1. The van der Waals surface area contributed by atoms with Crippen LogP contribution in [0.25, 0.3) is 0 Å². The maximum Gasteiger partial charge on any atom is 0.0834 e. The van der Waals surface area contributed by atoms with Crippen LogP contribution >= 0.6 is 12.2 Å². The van der Waals surface area contributed by atoms with E-state index in [0.29, 0.717) is 11.8 Å². The third kappa shape index (κ3) is 1.39. The molecule has 0 saturated heterocycles. The molecule has 1 N–H and O–H groups in total. The number of fused-ring (bicyclic) bond motifs is 3. The van der Waals surface area contributed by atoms with E-state index in [1.807, 2.05) is 0 Å². The molecule has 1 aliphatic heterocycles. The zero-order valence-electron chi connectivity index (χ0n) is 8.92. The van der Waals surface area contributed by atoms with Gasteiger partial charge in [-0.3, -0.25) is 0 Å². The van der Waals surface area contributed by atoms with Crippen LogP contribution in [0.5, 0.6) is 0 Å². The highest BCUT2D eigenvalue weighted by molar-refractivity contribution is 7.80. The van der Waals surface area contributed by atoms with Gasteiger partial charge in [0.15, 0.2) is 0 Å². The van der Waals surface area contributed by atoms with Gasteiger partial charge >= 0.3 is 0 Å². The highest BCUT2D eigenvalue weighted by Gasteiger charge is 2.36. The van der Waals surface area contributed by atoms with Gasteiger partial charge < -0.3 is 5.32 Å². The van der Waals surface area contributed by atoms with Crippen LogP contribution in [0.4, 0.5) is 5.69 Å². The Labute approximate surface area is 95.9 Å². The van der Waals surface area contributed by atoms with Gasteiger partial charge in [-0.25, -0.2) is 0 Å². The molecule has 2 aliphatic rings. The maximum atomic E-state index is 5.45. The lowest BCUT2D eigenvalue weighted by atomic mass is 9.84. The minimum atomic E-state index is 0.607. The fraction of sp³-hybridized carbons (Fsp3) is 0.462. The van der Waals surface area contributed by atoms with Crippen molar-refractivity contribution in [3.63, 3.8) is 0 Å². The van der Waals surface area contributed by atoms with E-state index in [1.54, 1.807) is 0 Å². The van der Waals surface area contributed by atoms with E-state index >= 15 is 0 Å². The van der Waals surface area contributed by atoms with Crippen molar-refractivity contribution in [2.45, 2.75) is 32.1 Å². The standard InChI is InChI=1S/C13H15NS/c1-8-5-6-10-9-3-2-4-11(9)13(15)14-12(10)7-8/h5-7,9,11H,2-4H2,1H3,(H,14,15). The van der Waals surface area contributed by atoms with Gasteiger partial charge in [0.1, 0.15) is 0 Å². The molecule has 2 atom stereocenters. The van der Waals surface area contributed by atoms with E-state index in [2.05, 4.69) is 30.4 Å². The number of rotatable bonds is 0. The summed E-state index contributed by atoms with van der Waals surface area (Å²) in [6, 6.07) is 6.71. The SMILES string of the molecule is Cc1ccc2c(c1)NC(=S)C1CCCC21. The summed E-state index contributed by atoms with van der Waals surface area (Å²) in [5, 5.41) is 3.40. The van der Waals surface area contributed by atoms with Crippen molar-refractivity contribution in [2.75, 3.05) is 5.32 Å². The summed E-state index contributed by atoms with van der Waals surface area (Å²) in [6.45, 7) is 2.13. The van der Waals surface area contributed by atoms with Crippen LogP contribution in [0.3, 0.4) is 0 Å². The van der Waals surface area contributed by atoms with E-state index in [4.69, 9.17) is 12.2 Å². The Bertz CT molecular complexity index is 425. The zero-order valence-corrected chi connectivity index (χ0v) is 9.73. The van der Waals surface area contributed by atoms with Crippen LogP contribution in [0.2, 0.25) is 0 Å². The zero-order chi connectivity index (χ0) is 10.4. The Morgan fingerprint density at radius 3 is 2.93 bits per heavy atom. The molecule has 2 unspecified atom stereocenters. The fourth-order valence-corrected chi connectivity index (χ4v) is 3.37. The molecule has 0 amide bonds. The van der Waals surface area contributed by atoms with Crippen molar-refractivity contribution in [1.82, 2.24) is 0 Å². The Balaban J connectivity index is 2.11. The molecule has 0 bridgehead atoms. The van der Waals surface area contributed by atoms with E-state index in [9.17, 15) is 0 Å². The fourth-order valence-electron chi connectivity index (χ4n) is 2.97. The third-order valence-electron chi connectivity index (χ3n) is 3.72. The number of thiocarbonyl (C=S) groups is 1. The molecule has 0 radical (unpaired) electrons. The molecule has 1 heterocycles. The van der Waals surface area contributed by atoms with Gasteiger partial charge in [0.05, 0.1) is 4.99 Å². The van der Waals surface area contributed by atoms with Crippen LogP contribution in [0, 0.1) is 12.8 Å². The van der Waals surface area contributed by atoms with Crippen LogP contribution in [0.15, 0.2) is 18.2 Å². The molecule has 1 fully saturated rings. The number of hydrogen-bond acceptors (Lipinski definition) is 1. The normalized spacial score (nSPS) is 28.2. The second-order valence-electron chi connectivity index (χ2n) is 4.72. The number of nitrogens with one attached hydrogen (secondary N) is 1. The third-order valence-corrected chi connectivity index (χ3v) is 4.12. The molecule has 1 aliphatic carbocycles. The monoisotopic (exact) mass is 217 g/mol. The van der Waals surface area contributed by atoms with Crippen molar-refractivity contribution in [3.8, 4) is 0 Å². The van der Waals surface area contributed by atoms with Crippen molar-refractivity contribution < 1.29 is 0 Å². The van der Waals surface area contributed by atoms with Gasteiger partial charge in [0.2, 0.25) is 0 Å². The minimum Gasteiger partial charge on any atom is -0.350 e. The van der Waals surface area contributed by atoms with E-state index in [-0.39, 0.29) is 0 Å². The minimum absolute atomic E-state index is 0.607. The van der Waals surface area contributed by atoms with Crippen molar-refractivity contribution >= 4 is 22.9 Å². The summed E-state index contributed by atoms with van der Waals surface area (Å²) in [5.41, 5.74) is 4.04. The molecule has 1 aromatic rings. The van der Waals surface area contributed by atoms with Gasteiger partial charge in [-0.2, -0.15) is 0 Å². The molecule has 1 aromatic carbocycles. The van der Waals surface area contributed by atoms with Gasteiger partial charge in [-0.05, 0) is 42.9 Å². The first-order valence-corrected chi connectivity index (χ1v) is 6.08. The lowest BCUT2D eigenvalue weighted by molar-refractivity contribution is 0.621. The average molecular weight is 217 g/mol. The highest BCUT2D eigenvalue weighted by Crippen LogP contribution is 2.46. The van der Waals surface area contributed by atoms with Crippen LogP contribution in [0.1, 0.15) is 36.3 Å². The first kappa shape index (κ1) is 9.34. The van der Waals surface area contributed by atoms with E-state index < -0.39 is 0 Å². The van der Waals surface area contributed by atoms with Crippen LogP contribution in [-0.4, -0.2) is 4.99 Å². The molecule has 78 valence electrons. The molecule has 15 heavy (non-hydrogen) atoms. The molecule has 0 spiro atoms. The van der Waals surface area contributed by atoms with Gasteiger partial charge in [0, 0.05) is 11.6 Å². The van der Waals surface area contributed by atoms with Crippen molar-refractivity contribution in [3.05, 3.63) is 29.3 Å². The molecule has 1 nitrogen and oxygen atoms in total. The Morgan fingerprint density at radius 2 is 2.07 bits per heavy atom. The predicted octanol–water partition coefficient (Wildman–Crippen LogP) is 3.63. The Hall–Kier alpha value is -0.890. The Morgan fingerprint density at radius 1 is 1.27 bits per heavy atom. The average Bonchev–Trinajstić information content (AvgIpc) is 2.66. The number of benzene rings is 1. The van der Waals surface area contributed by atoms with E-state index in [0.717, 1.165) is 4.99 Å². The molecular formula is C13H15NS. The lowest BCUT2D eigenvalue weighted by Gasteiger charge is -2.30. The smallest absolute Gasteiger partial charge is 0.0834 e. The number of hydrogen-bond donors (Lipinski definition) is 1. The molecule has 2 heteroatoms. The van der Waals surface area contributed by atoms with Gasteiger partial charge in [-0.15, -0.1) is 0 Å². The summed E-state index contributed by atoms with van der Waals surface area (Å²) >= 11 is 5.45. The number of anilines is 1. The molecule has 1 saturated carbocycles. The predicted molar refractivity (Wildman–Crippen MR) is 67.5 cm³/mol. The summed E-state index contributed by atoms with van der Waals surface area (Å²) < 4.78 is 0. The lowest BCUT2D eigenvalue weighted by Crippen LogP contribution is -2.28. The van der Waals surface area contributed by atoms with Crippen LogP contribution < -0.4 is 5.32 Å². The quantitative estimate of drug-likeness (QED) is 0.666. The topological polar surface area (TPSA) is 12.0 Å². The molecular weight excluding hydrogens is 202 g/mol. The Kier molecular flexibility index (Phi) is 2.06. The second kappa shape index (κ2) is 3.31. The molecule has 0 aromatic heterocycles. The van der Waals surface area contributed by atoms with Crippen LogP contribution in [-0.2, 0) is 0 Å². The van der Waals surface area contributed by atoms with Gasteiger partial charge in [0.25, 0.3) is 0 Å². The second-order valence-corrected chi connectivity index (χ2v) is 5.16. The number of aryl methyl sites for hydroxylation is 1. The van der Waals surface area contributed by atoms with E-state index in [1.165, 1.54) is 36.1 Å².